The van der Waals surface area contributed by atoms with Crippen molar-refractivity contribution in [1.29, 1.82) is 0 Å². The van der Waals surface area contributed by atoms with Gasteiger partial charge in [0.25, 0.3) is 0 Å². The minimum atomic E-state index is -0.0224. The highest BCUT2D eigenvalue weighted by Crippen LogP contribution is 2.36. The van der Waals surface area contributed by atoms with Gasteiger partial charge in [-0.3, -0.25) is 4.99 Å². The molecule has 0 saturated carbocycles. The van der Waals surface area contributed by atoms with Crippen LogP contribution in [0.4, 0.5) is 0 Å². The van der Waals surface area contributed by atoms with Crippen LogP contribution in [-0.4, -0.2) is 52.0 Å². The minimum Gasteiger partial charge on any atom is -0.381 e. The Morgan fingerprint density at radius 2 is 2.08 bits per heavy atom. The maximum Gasteiger partial charge on any atom is 0.191 e. The van der Waals surface area contributed by atoms with Crippen LogP contribution in [0.3, 0.4) is 0 Å². The summed E-state index contributed by atoms with van der Waals surface area (Å²) in [6, 6.07) is 8.16. The molecule has 1 fully saturated rings. The van der Waals surface area contributed by atoms with Gasteiger partial charge < -0.3 is 20.1 Å². The Labute approximate surface area is 156 Å². The molecule has 0 aliphatic carbocycles. The number of nitrogens with zero attached hydrogens (tertiary/aromatic N) is 1. The molecule has 2 N–H and O–H groups in total. The third-order valence-corrected chi connectivity index (χ3v) is 4.75. The number of ether oxygens (including phenoxy) is 2. The molecule has 0 amide bonds. The molecule has 1 saturated heterocycles. The van der Waals surface area contributed by atoms with Crippen LogP contribution >= 0.6 is 11.6 Å². The summed E-state index contributed by atoms with van der Waals surface area (Å²) in [5.41, 5.74) is 1.23. The molecular formula is C19H30ClN3O2. The first-order valence-corrected chi connectivity index (χ1v) is 9.51. The van der Waals surface area contributed by atoms with Crippen molar-refractivity contribution in [3.8, 4) is 0 Å². The summed E-state index contributed by atoms with van der Waals surface area (Å²) < 4.78 is 11.0. The van der Waals surface area contributed by atoms with Crippen LogP contribution in [0.2, 0.25) is 5.02 Å². The van der Waals surface area contributed by atoms with Crippen LogP contribution in [-0.2, 0) is 14.9 Å². The molecule has 0 aromatic heterocycles. The highest BCUT2D eigenvalue weighted by Gasteiger charge is 2.34. The van der Waals surface area contributed by atoms with E-state index in [1.54, 1.807) is 0 Å². The van der Waals surface area contributed by atoms with Gasteiger partial charge >= 0.3 is 0 Å². The second-order valence-corrected chi connectivity index (χ2v) is 6.66. The molecule has 5 nitrogen and oxygen atoms in total. The van der Waals surface area contributed by atoms with E-state index in [2.05, 4.69) is 29.7 Å². The number of halogens is 1. The van der Waals surface area contributed by atoms with Crippen molar-refractivity contribution in [1.82, 2.24) is 10.6 Å². The van der Waals surface area contributed by atoms with Gasteiger partial charge in [-0.15, -0.1) is 0 Å². The van der Waals surface area contributed by atoms with Crippen LogP contribution < -0.4 is 10.6 Å². The first kappa shape index (κ1) is 20.0. The molecule has 25 heavy (non-hydrogen) atoms. The molecule has 0 spiro atoms. The Kier molecular flexibility index (Phi) is 8.52. The summed E-state index contributed by atoms with van der Waals surface area (Å²) in [6.07, 6.45) is 1.91. The van der Waals surface area contributed by atoms with Gasteiger partial charge in [-0.2, -0.15) is 0 Å². The summed E-state index contributed by atoms with van der Waals surface area (Å²) in [4.78, 5) is 4.85. The van der Waals surface area contributed by atoms with Crippen molar-refractivity contribution in [2.24, 2.45) is 4.99 Å². The molecule has 0 unspecified atom stereocenters. The Balaban J connectivity index is 2.11. The monoisotopic (exact) mass is 367 g/mol. The van der Waals surface area contributed by atoms with E-state index >= 15 is 0 Å². The molecular weight excluding hydrogens is 338 g/mol. The van der Waals surface area contributed by atoms with Gasteiger partial charge in [-0.25, -0.2) is 0 Å². The fourth-order valence-corrected chi connectivity index (χ4v) is 3.27. The Hall–Kier alpha value is -1.30. The number of rotatable bonds is 8. The molecule has 2 rings (SSSR count). The van der Waals surface area contributed by atoms with Gasteiger partial charge in [0, 0.05) is 43.3 Å². The maximum absolute atomic E-state index is 6.23. The van der Waals surface area contributed by atoms with Crippen LogP contribution in [0.25, 0.3) is 0 Å². The van der Waals surface area contributed by atoms with Crippen molar-refractivity contribution in [2.75, 3.05) is 46.1 Å². The zero-order chi connectivity index (χ0) is 18.0. The topological polar surface area (TPSA) is 54.9 Å². The molecule has 1 aliphatic rings. The van der Waals surface area contributed by atoms with E-state index in [0.29, 0.717) is 13.2 Å². The first-order valence-electron chi connectivity index (χ1n) is 9.14. The molecule has 1 aliphatic heterocycles. The Morgan fingerprint density at radius 3 is 2.76 bits per heavy atom. The van der Waals surface area contributed by atoms with E-state index in [0.717, 1.165) is 56.7 Å². The van der Waals surface area contributed by atoms with Gasteiger partial charge in [0.2, 0.25) is 0 Å². The van der Waals surface area contributed by atoms with E-state index in [4.69, 9.17) is 26.1 Å². The molecule has 1 aromatic rings. The molecule has 0 bridgehead atoms. The van der Waals surface area contributed by atoms with E-state index in [9.17, 15) is 0 Å². The Morgan fingerprint density at radius 1 is 1.28 bits per heavy atom. The lowest BCUT2D eigenvalue weighted by molar-refractivity contribution is 0.0531. The maximum atomic E-state index is 6.23. The standard InChI is InChI=1S/C19H30ClN3O2/c1-3-21-18(22-10-13-24-4-2)23-15-19(8-11-25-12-9-19)16-6-5-7-17(20)14-16/h5-7,14H,3-4,8-13,15H2,1-2H3,(H2,21,22,23). The molecule has 6 heteroatoms. The fraction of sp³-hybridized carbons (Fsp3) is 0.632. The molecule has 140 valence electrons. The molecule has 0 radical (unpaired) electrons. The molecule has 0 atom stereocenters. The number of nitrogens with one attached hydrogen (secondary N) is 2. The largest absolute Gasteiger partial charge is 0.381 e. The van der Waals surface area contributed by atoms with E-state index in [1.165, 1.54) is 5.56 Å². The predicted octanol–water partition coefficient (Wildman–Crippen LogP) is 2.98. The summed E-state index contributed by atoms with van der Waals surface area (Å²) in [5.74, 6) is 0.829. The molecule has 1 aromatic carbocycles. The summed E-state index contributed by atoms with van der Waals surface area (Å²) in [7, 11) is 0. The van der Waals surface area contributed by atoms with Gasteiger partial charge in [-0.1, -0.05) is 23.7 Å². The number of hydrogen-bond acceptors (Lipinski definition) is 3. The lowest BCUT2D eigenvalue weighted by atomic mass is 9.74. The lowest BCUT2D eigenvalue weighted by Gasteiger charge is -2.36. The van der Waals surface area contributed by atoms with Crippen molar-refractivity contribution < 1.29 is 9.47 Å². The zero-order valence-corrected chi connectivity index (χ0v) is 16.1. The normalized spacial score (nSPS) is 17.3. The molecule has 1 heterocycles. The van der Waals surface area contributed by atoms with Gasteiger partial charge in [0.15, 0.2) is 5.96 Å². The Bertz CT molecular complexity index is 545. The SMILES string of the molecule is CCNC(=NCC1(c2cccc(Cl)c2)CCOCC1)NCCOCC. The van der Waals surface area contributed by atoms with Gasteiger partial charge in [0.1, 0.15) is 0 Å². The van der Waals surface area contributed by atoms with Gasteiger partial charge in [-0.05, 0) is 44.4 Å². The van der Waals surface area contributed by atoms with Crippen LogP contribution in [0.15, 0.2) is 29.3 Å². The number of hydrogen-bond donors (Lipinski definition) is 2. The predicted molar refractivity (Wildman–Crippen MR) is 104 cm³/mol. The average molecular weight is 368 g/mol. The van der Waals surface area contributed by atoms with Crippen LogP contribution in [0, 0.1) is 0 Å². The van der Waals surface area contributed by atoms with E-state index < -0.39 is 0 Å². The van der Waals surface area contributed by atoms with E-state index in [-0.39, 0.29) is 5.41 Å². The summed E-state index contributed by atoms with van der Waals surface area (Å²) in [6.45, 7) is 9.27. The van der Waals surface area contributed by atoms with Crippen molar-refractivity contribution in [3.63, 3.8) is 0 Å². The summed E-state index contributed by atoms with van der Waals surface area (Å²) >= 11 is 6.23. The van der Waals surface area contributed by atoms with E-state index in [1.807, 2.05) is 19.1 Å². The highest BCUT2D eigenvalue weighted by atomic mass is 35.5. The average Bonchev–Trinajstić information content (AvgIpc) is 2.64. The third kappa shape index (κ3) is 6.17. The highest BCUT2D eigenvalue weighted by molar-refractivity contribution is 6.30. The number of guanidine groups is 1. The van der Waals surface area contributed by atoms with Crippen molar-refractivity contribution >= 4 is 17.6 Å². The second kappa shape index (κ2) is 10.6. The number of benzene rings is 1. The van der Waals surface area contributed by atoms with Crippen molar-refractivity contribution in [2.45, 2.75) is 32.1 Å². The first-order chi connectivity index (χ1) is 12.2. The van der Waals surface area contributed by atoms with Crippen LogP contribution in [0.5, 0.6) is 0 Å². The lowest BCUT2D eigenvalue weighted by Crippen LogP contribution is -2.42. The fourth-order valence-electron chi connectivity index (χ4n) is 3.08. The van der Waals surface area contributed by atoms with Gasteiger partial charge in [0.05, 0.1) is 13.2 Å². The zero-order valence-electron chi connectivity index (χ0n) is 15.3. The minimum absolute atomic E-state index is 0.0224. The third-order valence-electron chi connectivity index (χ3n) is 4.51. The smallest absolute Gasteiger partial charge is 0.191 e. The quantitative estimate of drug-likeness (QED) is 0.421. The summed E-state index contributed by atoms with van der Waals surface area (Å²) in [5, 5.41) is 7.41. The van der Waals surface area contributed by atoms with Crippen LogP contribution in [0.1, 0.15) is 32.3 Å². The second-order valence-electron chi connectivity index (χ2n) is 6.22. The number of aliphatic imine (C=N–C) groups is 1. The van der Waals surface area contributed by atoms with Crippen molar-refractivity contribution in [3.05, 3.63) is 34.9 Å².